The first-order chi connectivity index (χ1) is 8.95. The van der Waals surface area contributed by atoms with Crippen LogP contribution in [-0.2, 0) is 4.79 Å². The maximum atomic E-state index is 10.8. The molecular formula is C13H19NO4S. The number of methoxy groups -OCH3 is 1. The second-order valence-corrected chi connectivity index (χ2v) is 5.41. The molecule has 0 aliphatic heterocycles. The quantitative estimate of drug-likeness (QED) is 0.683. The predicted octanol–water partition coefficient (Wildman–Crippen LogP) is 1.34. The van der Waals surface area contributed by atoms with Crippen LogP contribution in [0.1, 0.15) is 25.0 Å². The molecule has 19 heavy (non-hydrogen) atoms. The molecule has 0 radical (unpaired) electrons. The monoisotopic (exact) mass is 285 g/mol. The molecule has 1 aromatic carbocycles. The van der Waals surface area contributed by atoms with Crippen LogP contribution >= 0.6 is 11.8 Å². The number of carbonyl (C=O) groups excluding carboxylic acids is 1. The van der Waals surface area contributed by atoms with Gasteiger partial charge in [0.05, 0.1) is 13.2 Å². The maximum Gasteiger partial charge on any atom is 0.185 e. The third-order valence-electron chi connectivity index (χ3n) is 2.70. The summed E-state index contributed by atoms with van der Waals surface area (Å²) in [5, 5.41) is 19.9. The van der Waals surface area contributed by atoms with E-state index in [2.05, 4.69) is 0 Å². The molecule has 2 atom stereocenters. The molecule has 1 aromatic rings. The minimum absolute atomic E-state index is 0.00866. The molecule has 0 spiro atoms. The van der Waals surface area contributed by atoms with Crippen LogP contribution in [0.4, 0.5) is 5.69 Å². The van der Waals surface area contributed by atoms with Crippen molar-refractivity contribution in [1.29, 1.82) is 0 Å². The molecule has 106 valence electrons. The first-order valence-electron chi connectivity index (χ1n) is 5.88. The van der Waals surface area contributed by atoms with Gasteiger partial charge in [-0.3, -0.25) is 4.79 Å². The SMILES string of the molecule is COc1ccc(C(O)C(O)CCSC(C)=O)c(N)c1. The Morgan fingerprint density at radius 2 is 2.16 bits per heavy atom. The predicted molar refractivity (Wildman–Crippen MR) is 76.1 cm³/mol. The zero-order chi connectivity index (χ0) is 14.4. The molecule has 0 fully saturated rings. The lowest BCUT2D eigenvalue weighted by molar-refractivity contribution is -0.109. The van der Waals surface area contributed by atoms with Crippen molar-refractivity contribution in [2.75, 3.05) is 18.6 Å². The summed E-state index contributed by atoms with van der Waals surface area (Å²) >= 11 is 1.12. The smallest absolute Gasteiger partial charge is 0.185 e. The highest BCUT2D eigenvalue weighted by Crippen LogP contribution is 2.28. The zero-order valence-electron chi connectivity index (χ0n) is 11.0. The molecule has 4 N–H and O–H groups in total. The number of rotatable bonds is 6. The highest BCUT2D eigenvalue weighted by Gasteiger charge is 2.20. The van der Waals surface area contributed by atoms with Crippen molar-refractivity contribution in [2.45, 2.75) is 25.6 Å². The Kier molecular flexibility index (Phi) is 6.14. The number of nitrogens with two attached hydrogens (primary N) is 1. The summed E-state index contributed by atoms with van der Waals surface area (Å²) in [5.74, 6) is 1.05. The standard InChI is InChI=1S/C13H19NO4S/c1-8(15)19-6-5-12(16)13(17)10-4-3-9(18-2)7-11(10)14/h3-4,7,12-13,16-17H,5-6,14H2,1-2H3. The van der Waals surface area contributed by atoms with Crippen molar-refractivity contribution >= 4 is 22.6 Å². The van der Waals surface area contributed by atoms with Gasteiger partial charge in [0.15, 0.2) is 5.12 Å². The summed E-state index contributed by atoms with van der Waals surface area (Å²) < 4.78 is 5.02. The zero-order valence-corrected chi connectivity index (χ0v) is 11.8. The minimum atomic E-state index is -1.07. The highest BCUT2D eigenvalue weighted by atomic mass is 32.2. The Morgan fingerprint density at radius 1 is 1.47 bits per heavy atom. The van der Waals surface area contributed by atoms with E-state index in [1.807, 2.05) is 0 Å². The fourth-order valence-electron chi connectivity index (χ4n) is 1.64. The van der Waals surface area contributed by atoms with Crippen LogP contribution in [-0.4, -0.2) is 34.3 Å². The average molecular weight is 285 g/mol. The van der Waals surface area contributed by atoms with Crippen LogP contribution in [0.3, 0.4) is 0 Å². The van der Waals surface area contributed by atoms with E-state index in [0.29, 0.717) is 29.2 Å². The van der Waals surface area contributed by atoms with Gasteiger partial charge in [0.25, 0.3) is 0 Å². The Hall–Kier alpha value is -1.24. The second kappa shape index (κ2) is 7.37. The minimum Gasteiger partial charge on any atom is -0.497 e. The van der Waals surface area contributed by atoms with Crippen LogP contribution < -0.4 is 10.5 Å². The molecule has 0 saturated carbocycles. The van der Waals surface area contributed by atoms with Crippen molar-refractivity contribution in [3.05, 3.63) is 23.8 Å². The van der Waals surface area contributed by atoms with E-state index >= 15 is 0 Å². The molecule has 6 heteroatoms. The largest absolute Gasteiger partial charge is 0.497 e. The topological polar surface area (TPSA) is 92.8 Å². The molecule has 2 unspecified atom stereocenters. The lowest BCUT2D eigenvalue weighted by Gasteiger charge is -2.19. The molecule has 0 aliphatic rings. The molecule has 0 saturated heterocycles. The van der Waals surface area contributed by atoms with Crippen molar-refractivity contribution in [3.63, 3.8) is 0 Å². The Balaban J connectivity index is 2.65. The summed E-state index contributed by atoms with van der Waals surface area (Å²) in [6, 6.07) is 4.89. The summed E-state index contributed by atoms with van der Waals surface area (Å²) in [5.41, 5.74) is 6.63. The lowest BCUT2D eigenvalue weighted by Crippen LogP contribution is -2.20. The number of hydrogen-bond acceptors (Lipinski definition) is 6. The summed E-state index contributed by atoms with van der Waals surface area (Å²) in [7, 11) is 1.53. The van der Waals surface area contributed by atoms with Crippen molar-refractivity contribution in [3.8, 4) is 5.75 Å². The Bertz CT molecular complexity index is 439. The van der Waals surface area contributed by atoms with Crippen molar-refractivity contribution in [1.82, 2.24) is 0 Å². The average Bonchev–Trinajstić information content (AvgIpc) is 2.37. The number of anilines is 1. The molecule has 5 nitrogen and oxygen atoms in total. The Morgan fingerprint density at radius 3 is 2.68 bits per heavy atom. The van der Waals surface area contributed by atoms with Crippen LogP contribution in [0.25, 0.3) is 0 Å². The van der Waals surface area contributed by atoms with Crippen LogP contribution in [0.5, 0.6) is 5.75 Å². The second-order valence-electron chi connectivity index (χ2n) is 4.14. The lowest BCUT2D eigenvalue weighted by atomic mass is 10.0. The first-order valence-corrected chi connectivity index (χ1v) is 6.87. The van der Waals surface area contributed by atoms with E-state index in [-0.39, 0.29) is 5.12 Å². The third kappa shape index (κ3) is 4.74. The molecule has 0 aromatic heterocycles. The molecular weight excluding hydrogens is 266 g/mol. The number of thioether (sulfide) groups is 1. The Labute approximate surface area is 116 Å². The van der Waals surface area contributed by atoms with Gasteiger partial charge in [0, 0.05) is 30.0 Å². The van der Waals surface area contributed by atoms with Gasteiger partial charge in [0.1, 0.15) is 11.9 Å². The van der Waals surface area contributed by atoms with Gasteiger partial charge in [-0.15, -0.1) is 0 Å². The third-order valence-corrected chi connectivity index (χ3v) is 3.54. The maximum absolute atomic E-state index is 10.8. The van der Waals surface area contributed by atoms with E-state index < -0.39 is 12.2 Å². The highest BCUT2D eigenvalue weighted by molar-refractivity contribution is 8.13. The molecule has 0 bridgehead atoms. The number of benzene rings is 1. The molecule has 1 rings (SSSR count). The summed E-state index contributed by atoms with van der Waals surface area (Å²) in [6.45, 7) is 1.47. The van der Waals surface area contributed by atoms with E-state index in [1.165, 1.54) is 14.0 Å². The van der Waals surface area contributed by atoms with Gasteiger partial charge < -0.3 is 20.7 Å². The number of aliphatic hydroxyl groups excluding tert-OH is 2. The van der Waals surface area contributed by atoms with E-state index in [0.717, 1.165) is 11.8 Å². The van der Waals surface area contributed by atoms with Gasteiger partial charge in [-0.25, -0.2) is 0 Å². The molecule has 0 heterocycles. The first kappa shape index (κ1) is 15.8. The van der Waals surface area contributed by atoms with Gasteiger partial charge in [-0.05, 0) is 12.5 Å². The van der Waals surface area contributed by atoms with E-state index in [9.17, 15) is 15.0 Å². The molecule has 0 amide bonds. The van der Waals surface area contributed by atoms with E-state index in [1.54, 1.807) is 18.2 Å². The van der Waals surface area contributed by atoms with Gasteiger partial charge in [0.2, 0.25) is 0 Å². The van der Waals surface area contributed by atoms with Crippen molar-refractivity contribution < 1.29 is 19.7 Å². The fraction of sp³-hybridized carbons (Fsp3) is 0.462. The normalized spacial score (nSPS) is 13.9. The van der Waals surface area contributed by atoms with Gasteiger partial charge in [-0.1, -0.05) is 17.8 Å². The van der Waals surface area contributed by atoms with Crippen molar-refractivity contribution in [2.24, 2.45) is 0 Å². The number of ether oxygens (including phenoxy) is 1. The fourth-order valence-corrected chi connectivity index (χ4v) is 2.28. The number of hydrogen-bond donors (Lipinski definition) is 3. The van der Waals surface area contributed by atoms with Gasteiger partial charge in [-0.2, -0.15) is 0 Å². The molecule has 0 aliphatic carbocycles. The number of nitrogen functional groups attached to an aromatic ring is 1. The van der Waals surface area contributed by atoms with Crippen LogP contribution in [0, 0.1) is 0 Å². The summed E-state index contributed by atoms with van der Waals surface area (Å²) in [4.78, 5) is 10.8. The van der Waals surface area contributed by atoms with Crippen LogP contribution in [0.2, 0.25) is 0 Å². The number of carbonyl (C=O) groups is 1. The summed E-state index contributed by atoms with van der Waals surface area (Å²) in [6.07, 6.45) is -1.71. The number of aliphatic hydroxyl groups is 2. The van der Waals surface area contributed by atoms with Crippen LogP contribution in [0.15, 0.2) is 18.2 Å². The van der Waals surface area contributed by atoms with E-state index in [4.69, 9.17) is 10.5 Å². The van der Waals surface area contributed by atoms with Gasteiger partial charge >= 0.3 is 0 Å².